The standard InChI is InChI=1S/C47H53Cl2N5O3.CH2O/c1-28-22-34(23-29(2)44(28)49)16-12-13-17-35(37-19-20-39(48)43(45(37)51-30(3)26-50-6)42-31(4)52-54(8)32(42)5)24-36-18-21-41(57-27-33-14-10-9-11-15-33)46-38(36)25-40(47(55)56)53(46)7;1-2/h9-11,14-15,18-25,30,50-51H,12-13,16-17,26-27H2,1-8H3,(H,55,56);1H2/b35-24+;/t30-;/m1./s1. The Morgan fingerprint density at radius 1 is 0.932 bits per heavy atom. The van der Waals surface area contributed by atoms with Gasteiger partial charge in [0.05, 0.1) is 21.9 Å². The van der Waals surface area contributed by atoms with Crippen LogP contribution < -0.4 is 15.4 Å². The molecule has 59 heavy (non-hydrogen) atoms. The van der Waals surface area contributed by atoms with Crippen molar-refractivity contribution in [2.24, 2.45) is 14.1 Å². The number of carboxylic acids is 1. The number of allylic oxidation sites excluding steroid dienone is 1. The number of ether oxygens (including phenoxy) is 1. The summed E-state index contributed by atoms with van der Waals surface area (Å²) in [5.41, 5.74) is 13.2. The highest BCUT2D eigenvalue weighted by molar-refractivity contribution is 6.34. The number of fused-ring (bicyclic) bond motifs is 1. The molecule has 0 bridgehead atoms. The van der Waals surface area contributed by atoms with Gasteiger partial charge in [-0.3, -0.25) is 4.68 Å². The molecule has 0 saturated heterocycles. The molecule has 2 heterocycles. The molecule has 4 aromatic carbocycles. The normalized spacial score (nSPS) is 12.0. The molecule has 9 nitrogen and oxygen atoms in total. The second-order valence-electron chi connectivity index (χ2n) is 15.1. The van der Waals surface area contributed by atoms with E-state index < -0.39 is 5.97 Å². The van der Waals surface area contributed by atoms with E-state index in [1.54, 1.807) is 17.7 Å². The third kappa shape index (κ3) is 10.1. The maximum Gasteiger partial charge on any atom is 0.352 e. The number of rotatable bonds is 16. The summed E-state index contributed by atoms with van der Waals surface area (Å²) in [5, 5.41) is 24.5. The van der Waals surface area contributed by atoms with E-state index in [-0.39, 0.29) is 11.7 Å². The van der Waals surface area contributed by atoms with Gasteiger partial charge in [-0.15, -0.1) is 0 Å². The Morgan fingerprint density at radius 2 is 1.63 bits per heavy atom. The van der Waals surface area contributed by atoms with Crippen molar-refractivity contribution in [1.82, 2.24) is 19.7 Å². The van der Waals surface area contributed by atoms with Gasteiger partial charge in [0.15, 0.2) is 0 Å². The summed E-state index contributed by atoms with van der Waals surface area (Å²) in [5.74, 6) is -0.379. The van der Waals surface area contributed by atoms with Gasteiger partial charge >= 0.3 is 5.97 Å². The highest BCUT2D eigenvalue weighted by Crippen LogP contribution is 2.45. The lowest BCUT2D eigenvalue weighted by Crippen LogP contribution is -2.28. The molecular weight excluding hydrogens is 781 g/mol. The van der Waals surface area contributed by atoms with Crippen LogP contribution in [0.4, 0.5) is 5.69 Å². The summed E-state index contributed by atoms with van der Waals surface area (Å²) in [6, 6.07) is 24.3. The predicted octanol–water partition coefficient (Wildman–Crippen LogP) is 11.2. The first-order valence-corrected chi connectivity index (χ1v) is 20.6. The molecule has 2 aromatic heterocycles. The Hall–Kier alpha value is -5.35. The molecule has 0 aliphatic heterocycles. The number of halogens is 2. The maximum atomic E-state index is 12.5. The fourth-order valence-corrected chi connectivity index (χ4v) is 8.27. The summed E-state index contributed by atoms with van der Waals surface area (Å²) in [7, 11) is 5.69. The fourth-order valence-electron chi connectivity index (χ4n) is 7.91. The van der Waals surface area contributed by atoms with Crippen molar-refractivity contribution in [1.29, 1.82) is 0 Å². The van der Waals surface area contributed by atoms with Crippen LogP contribution in [0.25, 0.3) is 33.7 Å². The number of aryl methyl sites for hydroxylation is 6. The number of hydrogen-bond donors (Lipinski definition) is 3. The van der Waals surface area contributed by atoms with Gasteiger partial charge in [0.1, 0.15) is 24.8 Å². The average Bonchev–Trinajstić information content (AvgIpc) is 3.70. The summed E-state index contributed by atoms with van der Waals surface area (Å²) in [4.78, 5) is 20.5. The molecule has 0 fully saturated rings. The molecule has 0 unspecified atom stereocenters. The van der Waals surface area contributed by atoms with Crippen molar-refractivity contribution >= 4 is 64.2 Å². The lowest BCUT2D eigenvalue weighted by atomic mass is 9.90. The van der Waals surface area contributed by atoms with Gasteiger partial charge in [-0.1, -0.05) is 83.9 Å². The van der Waals surface area contributed by atoms with E-state index in [4.69, 9.17) is 37.8 Å². The van der Waals surface area contributed by atoms with Crippen molar-refractivity contribution in [2.75, 3.05) is 18.9 Å². The van der Waals surface area contributed by atoms with Gasteiger partial charge in [-0.05, 0) is 119 Å². The van der Waals surface area contributed by atoms with E-state index in [0.717, 1.165) is 110 Å². The monoisotopic (exact) mass is 835 g/mol. The number of nitrogens with zero attached hydrogens (tertiary/aromatic N) is 3. The first kappa shape index (κ1) is 44.7. The molecule has 0 radical (unpaired) electrons. The molecule has 6 rings (SSSR count). The number of likely N-dealkylation sites (N-methyl/N-ethyl adjacent to an activating group) is 1. The van der Waals surface area contributed by atoms with Crippen molar-refractivity contribution in [3.63, 3.8) is 0 Å². The van der Waals surface area contributed by atoms with Crippen molar-refractivity contribution in [3.8, 4) is 16.9 Å². The third-order valence-corrected chi connectivity index (χ3v) is 11.7. The summed E-state index contributed by atoms with van der Waals surface area (Å²) >= 11 is 13.7. The van der Waals surface area contributed by atoms with Gasteiger partial charge in [0.2, 0.25) is 0 Å². The molecule has 0 amide bonds. The Kier molecular flexibility index (Phi) is 15.2. The number of benzene rings is 4. The first-order chi connectivity index (χ1) is 28.3. The maximum absolute atomic E-state index is 12.5. The van der Waals surface area contributed by atoms with Crippen LogP contribution >= 0.6 is 23.2 Å². The van der Waals surface area contributed by atoms with Crippen LogP contribution in [0, 0.1) is 27.7 Å². The largest absolute Gasteiger partial charge is 0.487 e. The van der Waals surface area contributed by atoms with Gasteiger partial charge in [0.25, 0.3) is 0 Å². The van der Waals surface area contributed by atoms with E-state index in [1.165, 1.54) is 5.56 Å². The number of unbranched alkanes of at least 4 members (excludes halogenated alkanes) is 1. The Balaban J connectivity index is 0.00000326. The minimum atomic E-state index is -1.000. The van der Waals surface area contributed by atoms with Crippen molar-refractivity contribution in [3.05, 3.63) is 133 Å². The third-order valence-electron chi connectivity index (χ3n) is 10.8. The minimum absolute atomic E-state index is 0.0703. The predicted molar refractivity (Wildman–Crippen MR) is 244 cm³/mol. The SMILES string of the molecule is C=O.CNC[C@@H](C)Nc1c(/C(=C/c2ccc(OCc3ccccc3)c3c2cc(C(=O)O)n3C)CCCCc2cc(C)c(Cl)c(C)c2)ccc(Cl)c1-c1c(C)nn(C)c1C. The van der Waals surface area contributed by atoms with Crippen LogP contribution in [-0.4, -0.2) is 51.8 Å². The van der Waals surface area contributed by atoms with Crippen LogP contribution in [0.1, 0.15) is 81.4 Å². The summed E-state index contributed by atoms with van der Waals surface area (Å²) in [6.07, 6.45) is 5.79. The lowest BCUT2D eigenvalue weighted by molar-refractivity contribution is -0.0980. The van der Waals surface area contributed by atoms with E-state index in [2.05, 4.69) is 62.6 Å². The number of hydrogen-bond acceptors (Lipinski definition) is 6. The minimum Gasteiger partial charge on any atom is -0.487 e. The van der Waals surface area contributed by atoms with Crippen LogP contribution in [0.3, 0.4) is 0 Å². The average molecular weight is 837 g/mol. The number of nitrogens with one attached hydrogen (secondary N) is 2. The second kappa shape index (κ2) is 20.1. The molecule has 0 aliphatic carbocycles. The molecule has 3 N–H and O–H groups in total. The van der Waals surface area contributed by atoms with Crippen molar-refractivity contribution in [2.45, 2.75) is 73.0 Å². The molecule has 0 spiro atoms. The zero-order valence-electron chi connectivity index (χ0n) is 35.3. The lowest BCUT2D eigenvalue weighted by Gasteiger charge is -2.24. The second-order valence-corrected chi connectivity index (χ2v) is 15.9. The van der Waals surface area contributed by atoms with E-state index in [9.17, 15) is 9.90 Å². The Morgan fingerprint density at radius 3 is 2.25 bits per heavy atom. The smallest absolute Gasteiger partial charge is 0.352 e. The number of anilines is 1. The van der Waals surface area contributed by atoms with Gasteiger partial charge < -0.3 is 29.8 Å². The van der Waals surface area contributed by atoms with Gasteiger partial charge in [-0.2, -0.15) is 5.10 Å². The molecular formula is C48H55Cl2N5O4. The quantitative estimate of drug-likeness (QED) is 0.0658. The summed E-state index contributed by atoms with van der Waals surface area (Å²) < 4.78 is 9.99. The topological polar surface area (TPSA) is 110 Å². The molecule has 310 valence electrons. The molecule has 0 aliphatic rings. The van der Waals surface area contributed by atoms with Crippen LogP contribution in [0.2, 0.25) is 10.0 Å². The Bertz CT molecular complexity index is 2450. The van der Waals surface area contributed by atoms with Crippen LogP contribution in [0.15, 0.2) is 72.8 Å². The van der Waals surface area contributed by atoms with E-state index in [1.807, 2.05) is 81.0 Å². The highest BCUT2D eigenvalue weighted by Gasteiger charge is 2.24. The number of carboxylic acid groups (broad SMARTS) is 1. The Labute approximate surface area is 358 Å². The zero-order valence-corrected chi connectivity index (χ0v) is 36.8. The van der Waals surface area contributed by atoms with Crippen LogP contribution in [-0.2, 0) is 31.9 Å². The highest BCUT2D eigenvalue weighted by atomic mass is 35.5. The number of carbonyl (C=O) groups excluding carboxylic acids is 1. The number of aromatic nitrogens is 3. The van der Waals surface area contributed by atoms with E-state index in [0.29, 0.717) is 17.4 Å². The van der Waals surface area contributed by atoms with Crippen molar-refractivity contribution < 1.29 is 19.4 Å². The van der Waals surface area contributed by atoms with Gasteiger partial charge in [-0.25, -0.2) is 4.79 Å². The molecule has 6 aromatic rings. The first-order valence-electron chi connectivity index (χ1n) is 19.8. The number of carbonyl (C=O) groups is 2. The molecule has 0 saturated carbocycles. The molecule has 11 heteroatoms. The fraction of sp³-hybridized carbons (Fsp3) is 0.312. The van der Waals surface area contributed by atoms with Crippen LogP contribution in [0.5, 0.6) is 5.75 Å². The molecule has 1 atom stereocenters. The van der Waals surface area contributed by atoms with Gasteiger partial charge in [0, 0.05) is 59.5 Å². The zero-order chi connectivity index (χ0) is 43.0. The van der Waals surface area contributed by atoms with E-state index >= 15 is 0 Å². The number of aromatic carboxylic acids is 1. The summed E-state index contributed by atoms with van der Waals surface area (Å²) in [6.45, 7) is 13.5.